The van der Waals surface area contributed by atoms with E-state index >= 15 is 0 Å². The average molecular weight is 377 g/mol. The highest BCUT2D eigenvalue weighted by Gasteiger charge is 2.35. The van der Waals surface area contributed by atoms with Crippen molar-refractivity contribution in [2.45, 2.75) is 19.3 Å². The van der Waals surface area contributed by atoms with E-state index in [1.807, 2.05) is 61.2 Å². The molecular formula is C20H22Cl2N2O. The number of rotatable bonds is 3. The Hall–Kier alpha value is -1.71. The van der Waals surface area contributed by atoms with Gasteiger partial charge in [-0.1, -0.05) is 53.5 Å². The molecule has 0 unspecified atom stereocenters. The maximum Gasteiger partial charge on any atom is 0.232 e. The third-order valence-corrected chi connectivity index (χ3v) is 5.39. The molecule has 5 heteroatoms. The van der Waals surface area contributed by atoms with Crippen LogP contribution in [0.1, 0.15) is 19.4 Å². The van der Waals surface area contributed by atoms with E-state index in [0.717, 1.165) is 24.3 Å². The summed E-state index contributed by atoms with van der Waals surface area (Å²) >= 11 is 12.3. The lowest BCUT2D eigenvalue weighted by atomic mass is 9.83. The lowest BCUT2D eigenvalue weighted by Crippen LogP contribution is -2.53. The summed E-state index contributed by atoms with van der Waals surface area (Å²) < 4.78 is 0. The van der Waals surface area contributed by atoms with E-state index in [9.17, 15) is 4.79 Å². The fourth-order valence-corrected chi connectivity index (χ4v) is 3.79. The van der Waals surface area contributed by atoms with Crippen molar-refractivity contribution in [3.63, 3.8) is 0 Å². The molecule has 3 nitrogen and oxygen atoms in total. The number of piperazine rings is 1. The number of amides is 1. The van der Waals surface area contributed by atoms with Crippen molar-refractivity contribution in [2.75, 3.05) is 31.1 Å². The Morgan fingerprint density at radius 2 is 1.60 bits per heavy atom. The number of hydrogen-bond acceptors (Lipinski definition) is 2. The van der Waals surface area contributed by atoms with Crippen LogP contribution in [0.2, 0.25) is 10.0 Å². The topological polar surface area (TPSA) is 23.6 Å². The molecule has 0 N–H and O–H groups in total. The molecule has 1 aliphatic heterocycles. The molecule has 0 aliphatic carbocycles. The van der Waals surface area contributed by atoms with E-state index in [0.29, 0.717) is 23.1 Å². The SMILES string of the molecule is CC(C)(C(=O)N1CCN(c2ccc(Cl)cc2Cl)CC1)c1ccccc1. The molecule has 132 valence electrons. The number of carbonyl (C=O) groups excluding carboxylic acids is 1. The number of halogens is 2. The van der Waals surface area contributed by atoms with Crippen molar-refractivity contribution in [1.29, 1.82) is 0 Å². The Morgan fingerprint density at radius 1 is 0.960 bits per heavy atom. The number of nitrogens with zero attached hydrogens (tertiary/aromatic N) is 2. The van der Waals surface area contributed by atoms with Gasteiger partial charge in [-0.15, -0.1) is 0 Å². The van der Waals surface area contributed by atoms with Crippen molar-refractivity contribution < 1.29 is 4.79 Å². The van der Waals surface area contributed by atoms with E-state index in [4.69, 9.17) is 23.2 Å². The third-order valence-electron chi connectivity index (χ3n) is 4.85. The molecule has 25 heavy (non-hydrogen) atoms. The normalized spacial score (nSPS) is 15.4. The number of benzene rings is 2. The molecule has 1 heterocycles. The lowest BCUT2D eigenvalue weighted by Gasteiger charge is -2.40. The Morgan fingerprint density at radius 3 is 2.20 bits per heavy atom. The minimum atomic E-state index is -0.526. The first kappa shape index (κ1) is 18.1. The first-order chi connectivity index (χ1) is 11.9. The van der Waals surface area contributed by atoms with E-state index in [1.54, 1.807) is 6.07 Å². The highest BCUT2D eigenvalue weighted by atomic mass is 35.5. The van der Waals surface area contributed by atoms with Crippen LogP contribution in [-0.2, 0) is 10.2 Å². The minimum absolute atomic E-state index is 0.167. The second-order valence-corrected chi connectivity index (χ2v) is 7.71. The van der Waals surface area contributed by atoms with Gasteiger partial charge in [0.25, 0.3) is 0 Å². The van der Waals surface area contributed by atoms with Crippen LogP contribution in [-0.4, -0.2) is 37.0 Å². The van der Waals surface area contributed by atoms with E-state index in [-0.39, 0.29) is 5.91 Å². The van der Waals surface area contributed by atoms with E-state index < -0.39 is 5.41 Å². The molecule has 2 aromatic carbocycles. The molecule has 0 spiro atoms. The maximum atomic E-state index is 13.0. The predicted molar refractivity (Wildman–Crippen MR) is 105 cm³/mol. The zero-order valence-corrected chi connectivity index (χ0v) is 16.0. The highest BCUT2D eigenvalue weighted by Crippen LogP contribution is 2.31. The summed E-state index contributed by atoms with van der Waals surface area (Å²) in [5, 5.41) is 1.28. The fraction of sp³-hybridized carbons (Fsp3) is 0.350. The first-order valence-electron chi connectivity index (χ1n) is 8.44. The van der Waals surface area contributed by atoms with Crippen LogP contribution < -0.4 is 4.90 Å². The molecule has 0 aromatic heterocycles. The molecule has 2 aromatic rings. The zero-order chi connectivity index (χ0) is 18.0. The van der Waals surface area contributed by atoms with Crippen LogP contribution in [0.4, 0.5) is 5.69 Å². The predicted octanol–water partition coefficient (Wildman–Crippen LogP) is 4.62. The molecule has 1 aliphatic rings. The molecule has 0 radical (unpaired) electrons. The zero-order valence-electron chi connectivity index (χ0n) is 14.5. The van der Waals surface area contributed by atoms with Gasteiger partial charge in [-0.3, -0.25) is 4.79 Å². The van der Waals surface area contributed by atoms with Gasteiger partial charge in [0.05, 0.1) is 16.1 Å². The lowest BCUT2D eigenvalue weighted by molar-refractivity contribution is -0.136. The highest BCUT2D eigenvalue weighted by molar-refractivity contribution is 6.36. The smallest absolute Gasteiger partial charge is 0.232 e. The Bertz CT molecular complexity index is 754. The van der Waals surface area contributed by atoms with Crippen molar-refractivity contribution in [3.8, 4) is 0 Å². The Kier molecular flexibility index (Phi) is 5.26. The van der Waals surface area contributed by atoms with Crippen molar-refractivity contribution in [3.05, 3.63) is 64.1 Å². The quantitative estimate of drug-likeness (QED) is 0.779. The van der Waals surface area contributed by atoms with Crippen LogP contribution in [0, 0.1) is 0 Å². The summed E-state index contributed by atoms with van der Waals surface area (Å²) in [6, 6.07) is 15.5. The Balaban J connectivity index is 1.68. The third kappa shape index (κ3) is 3.78. The Labute approximate surface area is 159 Å². The summed E-state index contributed by atoms with van der Waals surface area (Å²) in [6.45, 7) is 6.89. The number of anilines is 1. The van der Waals surface area contributed by atoms with Crippen LogP contribution in [0.25, 0.3) is 0 Å². The summed E-state index contributed by atoms with van der Waals surface area (Å²) in [5.41, 5.74) is 1.49. The first-order valence-corrected chi connectivity index (χ1v) is 9.20. The molecule has 1 fully saturated rings. The van der Waals surface area contributed by atoms with Gasteiger partial charge in [0.15, 0.2) is 0 Å². The van der Waals surface area contributed by atoms with Crippen LogP contribution in [0.3, 0.4) is 0 Å². The molecule has 0 bridgehead atoms. The van der Waals surface area contributed by atoms with Gasteiger partial charge in [-0.2, -0.15) is 0 Å². The second-order valence-electron chi connectivity index (χ2n) is 6.87. The molecular weight excluding hydrogens is 355 g/mol. The van der Waals surface area contributed by atoms with Gasteiger partial charge in [0.1, 0.15) is 0 Å². The van der Waals surface area contributed by atoms with Crippen LogP contribution >= 0.6 is 23.2 Å². The van der Waals surface area contributed by atoms with Gasteiger partial charge in [0.2, 0.25) is 5.91 Å². The summed E-state index contributed by atoms with van der Waals surface area (Å²) in [4.78, 5) is 17.2. The molecule has 0 saturated carbocycles. The molecule has 1 saturated heterocycles. The average Bonchev–Trinajstić information content (AvgIpc) is 2.62. The van der Waals surface area contributed by atoms with Gasteiger partial charge < -0.3 is 9.80 Å². The minimum Gasteiger partial charge on any atom is -0.367 e. The van der Waals surface area contributed by atoms with Crippen molar-refractivity contribution >= 4 is 34.8 Å². The monoisotopic (exact) mass is 376 g/mol. The van der Waals surface area contributed by atoms with Gasteiger partial charge in [0, 0.05) is 31.2 Å². The van der Waals surface area contributed by atoms with Gasteiger partial charge in [-0.05, 0) is 37.6 Å². The fourth-order valence-electron chi connectivity index (χ4n) is 3.26. The van der Waals surface area contributed by atoms with Crippen LogP contribution in [0.15, 0.2) is 48.5 Å². The maximum absolute atomic E-state index is 13.0. The second kappa shape index (κ2) is 7.27. The molecule has 3 rings (SSSR count). The summed E-state index contributed by atoms with van der Waals surface area (Å²) in [5.74, 6) is 0.167. The summed E-state index contributed by atoms with van der Waals surface area (Å²) in [7, 11) is 0. The van der Waals surface area contributed by atoms with Gasteiger partial charge in [-0.25, -0.2) is 0 Å². The van der Waals surface area contributed by atoms with E-state index in [2.05, 4.69) is 4.90 Å². The molecule has 1 amide bonds. The van der Waals surface area contributed by atoms with E-state index in [1.165, 1.54) is 0 Å². The van der Waals surface area contributed by atoms with Crippen molar-refractivity contribution in [1.82, 2.24) is 4.90 Å². The van der Waals surface area contributed by atoms with Crippen molar-refractivity contribution in [2.24, 2.45) is 0 Å². The molecule has 0 atom stereocenters. The number of hydrogen-bond donors (Lipinski definition) is 0. The van der Waals surface area contributed by atoms with Crippen LogP contribution in [0.5, 0.6) is 0 Å². The number of carbonyl (C=O) groups is 1. The summed E-state index contributed by atoms with van der Waals surface area (Å²) in [6.07, 6.45) is 0. The van der Waals surface area contributed by atoms with Gasteiger partial charge >= 0.3 is 0 Å². The standard InChI is InChI=1S/C20H22Cl2N2O/c1-20(2,15-6-4-3-5-7-15)19(25)24-12-10-23(11-13-24)18-9-8-16(21)14-17(18)22/h3-9,14H,10-13H2,1-2H3. The largest absolute Gasteiger partial charge is 0.367 e.